The second-order valence-electron chi connectivity index (χ2n) is 6.78. The maximum absolute atomic E-state index is 12.1. The molecule has 5 nitrogen and oxygen atoms in total. The van der Waals surface area contributed by atoms with Crippen LogP contribution in [-0.4, -0.2) is 49.7 Å². The third kappa shape index (κ3) is 8.61. The Hall–Kier alpha value is -0.750. The van der Waals surface area contributed by atoms with Gasteiger partial charge in [-0.05, 0) is 24.5 Å². The molecule has 1 saturated heterocycles. The number of thioether (sulfide) groups is 1. The molecule has 1 amide bonds. The Balaban J connectivity index is 2.41. The van der Waals surface area contributed by atoms with Gasteiger partial charge in [-0.2, -0.15) is 11.8 Å². The van der Waals surface area contributed by atoms with Crippen LogP contribution in [0.25, 0.3) is 0 Å². The van der Waals surface area contributed by atoms with Gasteiger partial charge in [0.25, 0.3) is 0 Å². The Bertz CT molecular complexity index is 370. The van der Waals surface area contributed by atoms with Crippen molar-refractivity contribution in [3.63, 3.8) is 0 Å². The molecule has 0 radical (unpaired) electrons. The molecule has 1 N–H and O–H groups in total. The zero-order valence-corrected chi connectivity index (χ0v) is 15.6. The first-order valence-electron chi connectivity index (χ1n) is 8.46. The van der Waals surface area contributed by atoms with Gasteiger partial charge in [-0.1, -0.05) is 20.8 Å². The maximum Gasteiger partial charge on any atom is 0.306 e. The van der Waals surface area contributed by atoms with E-state index in [0.29, 0.717) is 32.1 Å². The predicted molar refractivity (Wildman–Crippen MR) is 93.4 cm³/mol. The van der Waals surface area contributed by atoms with Crippen molar-refractivity contribution in [1.82, 2.24) is 5.32 Å². The minimum atomic E-state index is -0.183. The SMILES string of the molecule is CSCC(C)C(=O)NC[C@H](CC(=O)OC1CCOC1)CC(C)C. The van der Waals surface area contributed by atoms with Crippen LogP contribution in [0.3, 0.4) is 0 Å². The van der Waals surface area contributed by atoms with Gasteiger partial charge in [0.2, 0.25) is 5.91 Å². The van der Waals surface area contributed by atoms with E-state index < -0.39 is 0 Å². The fraction of sp³-hybridized carbons (Fsp3) is 0.882. The van der Waals surface area contributed by atoms with Crippen molar-refractivity contribution in [1.29, 1.82) is 0 Å². The monoisotopic (exact) mass is 345 g/mol. The van der Waals surface area contributed by atoms with Gasteiger partial charge in [-0.25, -0.2) is 0 Å². The Morgan fingerprint density at radius 1 is 1.35 bits per heavy atom. The average Bonchev–Trinajstić information content (AvgIpc) is 2.96. The van der Waals surface area contributed by atoms with Crippen molar-refractivity contribution < 1.29 is 19.1 Å². The first-order chi connectivity index (χ1) is 10.9. The molecule has 134 valence electrons. The lowest BCUT2D eigenvalue weighted by Gasteiger charge is -2.21. The van der Waals surface area contributed by atoms with Crippen molar-refractivity contribution in [3.8, 4) is 0 Å². The van der Waals surface area contributed by atoms with Gasteiger partial charge in [-0.3, -0.25) is 9.59 Å². The molecular formula is C17H31NO4S. The topological polar surface area (TPSA) is 64.6 Å². The summed E-state index contributed by atoms with van der Waals surface area (Å²) in [5, 5.41) is 2.99. The van der Waals surface area contributed by atoms with E-state index in [4.69, 9.17) is 9.47 Å². The average molecular weight is 346 g/mol. The van der Waals surface area contributed by atoms with Crippen molar-refractivity contribution in [2.24, 2.45) is 17.8 Å². The minimum Gasteiger partial charge on any atom is -0.460 e. The van der Waals surface area contributed by atoms with Gasteiger partial charge < -0.3 is 14.8 Å². The quantitative estimate of drug-likeness (QED) is 0.616. The van der Waals surface area contributed by atoms with Crippen LogP contribution in [0.15, 0.2) is 0 Å². The largest absolute Gasteiger partial charge is 0.460 e. The van der Waals surface area contributed by atoms with Crippen LogP contribution < -0.4 is 5.32 Å². The van der Waals surface area contributed by atoms with Crippen LogP contribution in [0.1, 0.15) is 40.0 Å². The highest BCUT2D eigenvalue weighted by Gasteiger charge is 2.23. The Morgan fingerprint density at radius 2 is 2.09 bits per heavy atom. The van der Waals surface area contributed by atoms with Gasteiger partial charge >= 0.3 is 5.97 Å². The molecule has 0 aromatic heterocycles. The molecule has 3 atom stereocenters. The molecule has 1 fully saturated rings. The molecule has 1 aliphatic rings. The Labute approximate surface area is 144 Å². The number of carbonyl (C=O) groups is 2. The molecule has 0 saturated carbocycles. The van der Waals surface area contributed by atoms with E-state index in [9.17, 15) is 9.59 Å². The molecule has 0 aliphatic carbocycles. The van der Waals surface area contributed by atoms with E-state index in [2.05, 4.69) is 19.2 Å². The summed E-state index contributed by atoms with van der Waals surface area (Å²) < 4.78 is 10.7. The van der Waals surface area contributed by atoms with Crippen LogP contribution in [0.2, 0.25) is 0 Å². The number of ether oxygens (including phenoxy) is 2. The van der Waals surface area contributed by atoms with Crippen LogP contribution >= 0.6 is 11.8 Å². The van der Waals surface area contributed by atoms with Crippen molar-refractivity contribution in [2.45, 2.75) is 46.1 Å². The summed E-state index contributed by atoms with van der Waals surface area (Å²) in [6, 6.07) is 0. The summed E-state index contributed by atoms with van der Waals surface area (Å²) in [5.41, 5.74) is 0. The van der Waals surface area contributed by atoms with Crippen LogP contribution in [-0.2, 0) is 19.1 Å². The highest BCUT2D eigenvalue weighted by Crippen LogP contribution is 2.18. The molecule has 0 aromatic rings. The molecule has 0 aromatic carbocycles. The summed E-state index contributed by atoms with van der Waals surface area (Å²) in [6.07, 6.45) is 3.93. The number of hydrogen-bond donors (Lipinski definition) is 1. The molecule has 23 heavy (non-hydrogen) atoms. The number of amides is 1. The Morgan fingerprint density at radius 3 is 2.65 bits per heavy atom. The smallest absolute Gasteiger partial charge is 0.306 e. The lowest BCUT2D eigenvalue weighted by atomic mass is 9.94. The standard InChI is InChI=1S/C17H31NO4S/c1-12(2)7-14(9-18-17(20)13(3)11-23-4)8-16(19)22-15-5-6-21-10-15/h12-15H,5-11H2,1-4H3,(H,18,20)/t13?,14-,15?/m0/s1. The van der Waals surface area contributed by atoms with Crippen LogP contribution in [0.5, 0.6) is 0 Å². The maximum atomic E-state index is 12.1. The minimum absolute atomic E-state index is 0.00714. The number of nitrogens with one attached hydrogen (secondary N) is 1. The predicted octanol–water partition coefficient (Wildman–Crippen LogP) is 2.49. The number of esters is 1. The fourth-order valence-electron chi connectivity index (χ4n) is 2.73. The molecular weight excluding hydrogens is 314 g/mol. The highest BCUT2D eigenvalue weighted by atomic mass is 32.2. The van der Waals surface area contributed by atoms with Crippen molar-refractivity contribution >= 4 is 23.6 Å². The number of hydrogen-bond acceptors (Lipinski definition) is 5. The summed E-state index contributed by atoms with van der Waals surface area (Å²) in [5.74, 6) is 1.28. The van der Waals surface area contributed by atoms with E-state index in [0.717, 1.165) is 18.6 Å². The zero-order valence-electron chi connectivity index (χ0n) is 14.8. The summed E-state index contributed by atoms with van der Waals surface area (Å²) in [4.78, 5) is 24.1. The third-order valence-electron chi connectivity index (χ3n) is 3.88. The van der Waals surface area contributed by atoms with Gasteiger partial charge in [0, 0.05) is 24.6 Å². The lowest BCUT2D eigenvalue weighted by molar-refractivity contribution is -0.150. The molecule has 0 spiro atoms. The molecule has 1 rings (SSSR count). The normalized spacial score (nSPS) is 20.3. The molecule has 1 heterocycles. The number of rotatable bonds is 10. The molecule has 6 heteroatoms. The van der Waals surface area contributed by atoms with E-state index in [1.807, 2.05) is 13.2 Å². The second-order valence-corrected chi connectivity index (χ2v) is 7.69. The highest BCUT2D eigenvalue weighted by molar-refractivity contribution is 7.98. The summed E-state index contributed by atoms with van der Waals surface area (Å²) in [7, 11) is 0. The van der Waals surface area contributed by atoms with Gasteiger partial charge in [0.1, 0.15) is 6.10 Å². The molecule has 0 bridgehead atoms. The number of carbonyl (C=O) groups excluding carboxylic acids is 2. The van der Waals surface area contributed by atoms with E-state index >= 15 is 0 Å². The van der Waals surface area contributed by atoms with E-state index in [1.54, 1.807) is 11.8 Å². The lowest BCUT2D eigenvalue weighted by Crippen LogP contribution is -2.35. The van der Waals surface area contributed by atoms with Gasteiger partial charge in [-0.15, -0.1) is 0 Å². The van der Waals surface area contributed by atoms with Crippen molar-refractivity contribution in [2.75, 3.05) is 31.8 Å². The third-order valence-corrected chi connectivity index (χ3v) is 4.71. The fourth-order valence-corrected chi connectivity index (χ4v) is 3.38. The van der Waals surface area contributed by atoms with E-state index in [1.165, 1.54) is 0 Å². The van der Waals surface area contributed by atoms with Crippen LogP contribution in [0, 0.1) is 17.8 Å². The molecule has 1 aliphatic heterocycles. The first-order valence-corrected chi connectivity index (χ1v) is 9.85. The summed E-state index contributed by atoms with van der Waals surface area (Å²) >= 11 is 1.66. The molecule has 2 unspecified atom stereocenters. The first kappa shape index (κ1) is 20.3. The van der Waals surface area contributed by atoms with Crippen molar-refractivity contribution in [3.05, 3.63) is 0 Å². The summed E-state index contributed by atoms with van der Waals surface area (Å²) in [6.45, 7) is 7.88. The van der Waals surface area contributed by atoms with Crippen LogP contribution in [0.4, 0.5) is 0 Å². The zero-order chi connectivity index (χ0) is 17.2. The second kappa shape index (κ2) is 10.9. The van der Waals surface area contributed by atoms with E-state index in [-0.39, 0.29) is 29.8 Å². The van der Waals surface area contributed by atoms with Gasteiger partial charge in [0.15, 0.2) is 0 Å². The van der Waals surface area contributed by atoms with Gasteiger partial charge in [0.05, 0.1) is 19.6 Å². The Kier molecular flexibility index (Phi) is 9.63.